The van der Waals surface area contributed by atoms with E-state index < -0.39 is 26.3 Å². The number of rotatable bonds is 2. The fraction of sp³-hybridized carbons (Fsp3) is 1.00. The Labute approximate surface area is 70.7 Å². The number of hydrogen-bond donors (Lipinski definition) is 0. The standard InChI is InChI=1S/C4H8O6S2/c1-11(5,6)3-4-2-9-12(7,8)10-4/h4H,2-3H2,1H3/p+1. The van der Waals surface area contributed by atoms with E-state index in [1.54, 1.807) is 0 Å². The highest BCUT2D eigenvalue weighted by Crippen LogP contribution is 2.11. The predicted octanol–water partition coefficient (Wildman–Crippen LogP) is -1.80. The van der Waals surface area contributed by atoms with Crippen LogP contribution in [0.4, 0.5) is 0 Å². The van der Waals surface area contributed by atoms with E-state index in [0.717, 1.165) is 6.26 Å². The first-order valence-corrected chi connectivity index (χ1v) is 6.51. The molecule has 0 aromatic rings. The zero-order valence-electron chi connectivity index (χ0n) is 6.30. The molecule has 1 rings (SSSR count). The van der Waals surface area contributed by atoms with Crippen LogP contribution in [0.25, 0.3) is 0 Å². The second-order valence-electron chi connectivity index (χ2n) is 2.55. The average molecular weight is 217 g/mol. The van der Waals surface area contributed by atoms with Crippen molar-refractivity contribution in [2.45, 2.75) is 6.10 Å². The topological polar surface area (TPSA) is 90.3 Å². The molecule has 0 aliphatic carbocycles. The molecular weight excluding hydrogens is 208 g/mol. The molecule has 1 fully saturated rings. The third-order valence-electron chi connectivity index (χ3n) is 1.18. The predicted molar refractivity (Wildman–Crippen MR) is 40.6 cm³/mol. The Hall–Kier alpha value is -0.180. The molecule has 0 radical (unpaired) electrons. The van der Waals surface area contributed by atoms with Gasteiger partial charge in [0.25, 0.3) is 0 Å². The summed E-state index contributed by atoms with van der Waals surface area (Å²) < 4.78 is 49.9. The van der Waals surface area contributed by atoms with Gasteiger partial charge in [-0.1, -0.05) is 0 Å². The molecule has 1 aliphatic rings. The van der Waals surface area contributed by atoms with Gasteiger partial charge in [0, 0.05) is 6.26 Å². The summed E-state index contributed by atoms with van der Waals surface area (Å²) in [6.45, 7) is -0.102. The van der Waals surface area contributed by atoms with Crippen molar-refractivity contribution in [2.24, 2.45) is 0 Å². The molecule has 6 nitrogen and oxygen atoms in total. The van der Waals surface area contributed by atoms with Crippen LogP contribution >= 0.6 is 0 Å². The van der Waals surface area contributed by atoms with E-state index in [1.165, 1.54) is 0 Å². The number of aliphatic hydroxyl groups is 1. The van der Waals surface area contributed by atoms with E-state index in [0.29, 0.717) is 0 Å². The fourth-order valence-corrected chi connectivity index (χ4v) is 2.64. The highest BCUT2D eigenvalue weighted by molar-refractivity contribution is 7.90. The van der Waals surface area contributed by atoms with Gasteiger partial charge in [0.2, 0.25) is 0 Å². The lowest BCUT2D eigenvalue weighted by Gasteiger charge is -1.98. The van der Waals surface area contributed by atoms with Crippen molar-refractivity contribution in [3.8, 4) is 0 Å². The van der Waals surface area contributed by atoms with Crippen LogP contribution in [0.1, 0.15) is 0 Å². The molecule has 12 heavy (non-hydrogen) atoms. The molecular formula is C4H9O6S2+. The minimum atomic E-state index is -3.81. The van der Waals surface area contributed by atoms with Crippen LogP contribution < -0.4 is 0 Å². The maximum Gasteiger partial charge on any atom is 0.530 e. The molecule has 72 valence electrons. The summed E-state index contributed by atoms with van der Waals surface area (Å²) in [5.41, 5.74) is 0. The van der Waals surface area contributed by atoms with E-state index in [2.05, 4.69) is 8.37 Å². The molecule has 1 saturated heterocycles. The summed E-state index contributed by atoms with van der Waals surface area (Å²) >= 11 is 0. The smallest absolute Gasteiger partial charge is 0.295 e. The van der Waals surface area contributed by atoms with Crippen molar-refractivity contribution in [2.75, 3.05) is 18.6 Å². The summed E-state index contributed by atoms with van der Waals surface area (Å²) in [5.74, 6) is -0.310. The van der Waals surface area contributed by atoms with E-state index in [9.17, 15) is 16.8 Å². The van der Waals surface area contributed by atoms with Crippen molar-refractivity contribution in [3.05, 3.63) is 0 Å². The monoisotopic (exact) mass is 217 g/mol. The van der Waals surface area contributed by atoms with Crippen LogP contribution in [0.3, 0.4) is 0 Å². The lowest BCUT2D eigenvalue weighted by Crippen LogP contribution is -2.22. The van der Waals surface area contributed by atoms with Gasteiger partial charge in [-0.25, -0.2) is 8.42 Å². The Kier molecular flexibility index (Phi) is 2.43. The van der Waals surface area contributed by atoms with Crippen LogP contribution in [0.2, 0.25) is 0 Å². The fourth-order valence-electron chi connectivity index (χ4n) is 0.825. The minimum Gasteiger partial charge on any atom is -0.295 e. The summed E-state index contributed by atoms with van der Waals surface area (Å²) in [6.07, 6.45) is 0.173. The van der Waals surface area contributed by atoms with Gasteiger partial charge in [-0.15, -0.1) is 8.42 Å². The molecule has 0 aromatic carbocycles. The molecule has 1 atom stereocenters. The van der Waals surface area contributed by atoms with Crippen LogP contribution in [-0.4, -0.2) is 45.7 Å². The zero-order valence-corrected chi connectivity index (χ0v) is 7.93. The number of sulfone groups is 1. The first-order valence-electron chi connectivity index (χ1n) is 3.08. The van der Waals surface area contributed by atoms with Crippen molar-refractivity contribution in [1.82, 2.24) is 0 Å². The maximum atomic E-state index is 10.7. The summed E-state index contributed by atoms with van der Waals surface area (Å²) in [6, 6.07) is 0. The largest absolute Gasteiger partial charge is 0.530 e. The van der Waals surface area contributed by atoms with Gasteiger partial charge >= 0.3 is 10.4 Å². The van der Waals surface area contributed by atoms with Crippen molar-refractivity contribution in [3.63, 3.8) is 0 Å². The van der Waals surface area contributed by atoms with Crippen LogP contribution in [0.5, 0.6) is 0 Å². The third-order valence-corrected chi connectivity index (χ3v) is 3.14. The van der Waals surface area contributed by atoms with E-state index in [4.69, 9.17) is 0 Å². The van der Waals surface area contributed by atoms with Gasteiger partial charge in [-0.05, 0) is 0 Å². The second-order valence-corrected chi connectivity index (χ2v) is 6.04. The highest BCUT2D eigenvalue weighted by Gasteiger charge is 2.37. The van der Waals surface area contributed by atoms with E-state index in [-0.39, 0.29) is 12.4 Å². The zero-order chi connectivity index (χ0) is 9.41. The van der Waals surface area contributed by atoms with Gasteiger partial charge < -0.3 is 0 Å². The van der Waals surface area contributed by atoms with Crippen LogP contribution in [0, 0.1) is 0 Å². The first kappa shape index (κ1) is 9.90. The van der Waals surface area contributed by atoms with Gasteiger partial charge in [-0.3, -0.25) is 4.18 Å². The Morgan fingerprint density at radius 2 is 2.17 bits per heavy atom. The number of hydrogen-bond acceptors (Lipinski definition) is 5. The normalized spacial score (nSPS) is 28.9. The van der Waals surface area contributed by atoms with E-state index in [1.807, 2.05) is 0 Å². The molecule has 0 saturated carbocycles. The van der Waals surface area contributed by atoms with Gasteiger partial charge in [-0.2, -0.15) is 4.18 Å². The van der Waals surface area contributed by atoms with E-state index >= 15 is 0 Å². The summed E-state index contributed by atoms with van der Waals surface area (Å²) in [5, 5.41) is 0. The van der Waals surface area contributed by atoms with Crippen molar-refractivity contribution in [1.29, 1.82) is 0 Å². The molecule has 0 bridgehead atoms. The lowest BCUT2D eigenvalue weighted by atomic mass is 10.4. The van der Waals surface area contributed by atoms with Gasteiger partial charge in [0.1, 0.15) is 9.84 Å². The Morgan fingerprint density at radius 1 is 1.58 bits per heavy atom. The Bertz CT molecular complexity index is 351. The Balaban J connectivity index is 2.61. The summed E-state index contributed by atoms with van der Waals surface area (Å²) in [4.78, 5) is 0. The first-order chi connectivity index (χ1) is 5.29. The molecule has 1 aliphatic heterocycles. The molecule has 0 aromatic heterocycles. The highest BCUT2D eigenvalue weighted by atomic mass is 32.3. The SMILES string of the molecule is CS(=O)(=O)CC1C[OH+]S(=O)(=O)O1. The third kappa shape index (κ3) is 3.05. The van der Waals surface area contributed by atoms with Crippen molar-refractivity contribution >= 4 is 20.2 Å². The molecule has 0 spiro atoms. The maximum absolute atomic E-state index is 10.7. The quantitative estimate of drug-likeness (QED) is 0.402. The van der Waals surface area contributed by atoms with Crippen LogP contribution in [-0.2, 0) is 24.4 Å². The molecule has 1 N–H and O–H groups in total. The van der Waals surface area contributed by atoms with Crippen LogP contribution in [0.15, 0.2) is 0 Å². The summed E-state index contributed by atoms with van der Waals surface area (Å²) in [7, 11) is -7.01. The lowest BCUT2D eigenvalue weighted by molar-refractivity contribution is 0.165. The molecule has 1 unspecified atom stereocenters. The molecule has 0 amide bonds. The molecule has 1 heterocycles. The minimum absolute atomic E-state index is 0.102. The van der Waals surface area contributed by atoms with Gasteiger partial charge in [0.15, 0.2) is 12.7 Å². The second kappa shape index (κ2) is 2.95. The average Bonchev–Trinajstić information content (AvgIpc) is 2.05. The van der Waals surface area contributed by atoms with Gasteiger partial charge in [0.05, 0.1) is 5.75 Å². The Morgan fingerprint density at radius 3 is 2.50 bits per heavy atom. The van der Waals surface area contributed by atoms with Crippen molar-refractivity contribution < 1.29 is 25.2 Å². The molecule has 8 heteroatoms.